The number of hydrogen-bond donors (Lipinski definition) is 2. The summed E-state index contributed by atoms with van der Waals surface area (Å²) in [6, 6.07) is 15.1. The fraction of sp³-hybridized carbons (Fsp3) is 0.150. The number of methoxy groups -OCH3 is 1. The maximum absolute atomic E-state index is 11.6. The SMILES string of the molecule is COC(=O)c1cccc(Nc2cc(Nc3cc(C)ccc3C)ncn2)c1. The normalized spacial score (nSPS) is 10.3. The van der Waals surface area contributed by atoms with E-state index < -0.39 is 0 Å². The number of anilines is 4. The van der Waals surface area contributed by atoms with Gasteiger partial charge in [-0.05, 0) is 49.2 Å². The van der Waals surface area contributed by atoms with Gasteiger partial charge in [0.15, 0.2) is 0 Å². The zero-order chi connectivity index (χ0) is 18.5. The Morgan fingerprint density at radius 1 is 0.962 bits per heavy atom. The third-order valence-corrected chi connectivity index (χ3v) is 3.88. The third-order valence-electron chi connectivity index (χ3n) is 3.88. The van der Waals surface area contributed by atoms with E-state index in [1.165, 1.54) is 19.0 Å². The van der Waals surface area contributed by atoms with Gasteiger partial charge < -0.3 is 15.4 Å². The van der Waals surface area contributed by atoms with Crippen molar-refractivity contribution in [1.29, 1.82) is 0 Å². The molecule has 0 saturated carbocycles. The van der Waals surface area contributed by atoms with Crippen LogP contribution in [0.2, 0.25) is 0 Å². The van der Waals surface area contributed by atoms with Crippen molar-refractivity contribution in [3.05, 3.63) is 71.5 Å². The van der Waals surface area contributed by atoms with Gasteiger partial charge in [0.2, 0.25) is 0 Å². The molecule has 0 aliphatic heterocycles. The Bertz CT molecular complexity index is 941. The predicted octanol–water partition coefficient (Wildman–Crippen LogP) is 4.37. The Hall–Kier alpha value is -3.41. The molecule has 0 atom stereocenters. The molecule has 1 heterocycles. The van der Waals surface area contributed by atoms with Crippen molar-refractivity contribution in [2.24, 2.45) is 0 Å². The van der Waals surface area contributed by atoms with Gasteiger partial charge in [0, 0.05) is 17.4 Å². The van der Waals surface area contributed by atoms with Crippen LogP contribution < -0.4 is 10.6 Å². The van der Waals surface area contributed by atoms with Crippen molar-refractivity contribution in [1.82, 2.24) is 9.97 Å². The van der Waals surface area contributed by atoms with Crippen molar-refractivity contribution in [3.63, 3.8) is 0 Å². The van der Waals surface area contributed by atoms with Gasteiger partial charge in [-0.15, -0.1) is 0 Å². The van der Waals surface area contributed by atoms with Gasteiger partial charge in [0.1, 0.15) is 18.0 Å². The lowest BCUT2D eigenvalue weighted by Crippen LogP contribution is -2.03. The number of hydrogen-bond acceptors (Lipinski definition) is 6. The first-order valence-electron chi connectivity index (χ1n) is 8.17. The largest absolute Gasteiger partial charge is 0.465 e. The fourth-order valence-electron chi connectivity index (χ4n) is 2.49. The molecule has 2 aromatic carbocycles. The Morgan fingerprint density at radius 2 is 1.73 bits per heavy atom. The van der Waals surface area contributed by atoms with E-state index in [4.69, 9.17) is 4.74 Å². The molecular formula is C20H20N4O2. The number of carbonyl (C=O) groups is 1. The number of aryl methyl sites for hydroxylation is 2. The van der Waals surface area contributed by atoms with Crippen LogP contribution in [0.1, 0.15) is 21.5 Å². The molecule has 3 rings (SSSR count). The van der Waals surface area contributed by atoms with Crippen LogP contribution in [0.3, 0.4) is 0 Å². The number of ether oxygens (including phenoxy) is 1. The second-order valence-electron chi connectivity index (χ2n) is 5.93. The minimum Gasteiger partial charge on any atom is -0.465 e. The van der Waals surface area contributed by atoms with E-state index in [1.807, 2.05) is 26.0 Å². The molecule has 0 fully saturated rings. The van der Waals surface area contributed by atoms with Crippen LogP contribution in [-0.2, 0) is 4.74 Å². The van der Waals surface area contributed by atoms with E-state index in [0.717, 1.165) is 16.9 Å². The number of aromatic nitrogens is 2. The van der Waals surface area contributed by atoms with Crippen LogP contribution in [0.5, 0.6) is 0 Å². The van der Waals surface area contributed by atoms with Gasteiger partial charge in [0.25, 0.3) is 0 Å². The van der Waals surface area contributed by atoms with Crippen molar-refractivity contribution in [2.75, 3.05) is 17.7 Å². The van der Waals surface area contributed by atoms with Crippen LogP contribution in [0.4, 0.5) is 23.0 Å². The monoisotopic (exact) mass is 348 g/mol. The Morgan fingerprint density at radius 3 is 2.50 bits per heavy atom. The minimum atomic E-state index is -0.381. The topological polar surface area (TPSA) is 76.1 Å². The van der Waals surface area contributed by atoms with Crippen molar-refractivity contribution >= 4 is 29.0 Å². The molecule has 6 heteroatoms. The molecule has 2 N–H and O–H groups in total. The molecule has 6 nitrogen and oxygen atoms in total. The summed E-state index contributed by atoms with van der Waals surface area (Å²) in [5.41, 5.74) is 4.52. The zero-order valence-corrected chi connectivity index (χ0v) is 14.9. The molecule has 0 bridgehead atoms. The van der Waals surface area contributed by atoms with Gasteiger partial charge in [0.05, 0.1) is 12.7 Å². The number of benzene rings is 2. The number of nitrogens with zero attached hydrogens (tertiary/aromatic N) is 2. The molecule has 0 radical (unpaired) electrons. The lowest BCUT2D eigenvalue weighted by atomic mass is 10.1. The molecular weight excluding hydrogens is 328 g/mol. The minimum absolute atomic E-state index is 0.381. The highest BCUT2D eigenvalue weighted by Gasteiger charge is 2.07. The van der Waals surface area contributed by atoms with Gasteiger partial charge in [-0.2, -0.15) is 0 Å². The van der Waals surface area contributed by atoms with Gasteiger partial charge in [-0.1, -0.05) is 18.2 Å². The van der Waals surface area contributed by atoms with Crippen LogP contribution in [0.15, 0.2) is 54.9 Å². The number of nitrogens with one attached hydrogen (secondary N) is 2. The molecule has 0 amide bonds. The average molecular weight is 348 g/mol. The molecule has 26 heavy (non-hydrogen) atoms. The second-order valence-corrected chi connectivity index (χ2v) is 5.93. The van der Waals surface area contributed by atoms with Crippen LogP contribution in [-0.4, -0.2) is 23.0 Å². The lowest BCUT2D eigenvalue weighted by Gasteiger charge is -2.11. The van der Waals surface area contributed by atoms with Crippen LogP contribution in [0.25, 0.3) is 0 Å². The zero-order valence-electron chi connectivity index (χ0n) is 14.9. The summed E-state index contributed by atoms with van der Waals surface area (Å²) < 4.78 is 4.75. The quantitative estimate of drug-likeness (QED) is 0.667. The molecule has 0 aliphatic rings. The summed E-state index contributed by atoms with van der Waals surface area (Å²) >= 11 is 0. The molecule has 0 aliphatic carbocycles. The summed E-state index contributed by atoms with van der Waals surface area (Å²) in [4.78, 5) is 20.2. The van der Waals surface area contributed by atoms with E-state index >= 15 is 0 Å². The first-order chi connectivity index (χ1) is 12.5. The fourth-order valence-corrected chi connectivity index (χ4v) is 2.49. The van der Waals surface area contributed by atoms with E-state index in [9.17, 15) is 4.79 Å². The summed E-state index contributed by atoms with van der Waals surface area (Å²) in [5, 5.41) is 6.49. The third kappa shape index (κ3) is 4.16. The van der Waals surface area contributed by atoms with Crippen LogP contribution in [0, 0.1) is 13.8 Å². The lowest BCUT2D eigenvalue weighted by molar-refractivity contribution is 0.0601. The summed E-state index contributed by atoms with van der Waals surface area (Å²) in [7, 11) is 1.36. The highest BCUT2D eigenvalue weighted by molar-refractivity contribution is 5.90. The molecule has 3 aromatic rings. The van der Waals surface area contributed by atoms with E-state index in [-0.39, 0.29) is 5.97 Å². The Balaban J connectivity index is 1.79. The van der Waals surface area contributed by atoms with Crippen molar-refractivity contribution in [2.45, 2.75) is 13.8 Å². The maximum atomic E-state index is 11.6. The first kappa shape index (κ1) is 17.4. The Labute approximate surface area is 152 Å². The molecule has 132 valence electrons. The number of esters is 1. The van der Waals surface area contributed by atoms with Gasteiger partial charge >= 0.3 is 5.97 Å². The van der Waals surface area contributed by atoms with Crippen molar-refractivity contribution < 1.29 is 9.53 Å². The summed E-state index contributed by atoms with van der Waals surface area (Å²) in [5.74, 6) is 0.920. The molecule has 0 saturated heterocycles. The smallest absolute Gasteiger partial charge is 0.337 e. The Kier molecular flexibility index (Phi) is 5.12. The number of rotatable bonds is 5. The van der Waals surface area contributed by atoms with E-state index in [1.54, 1.807) is 18.2 Å². The van der Waals surface area contributed by atoms with Crippen LogP contribution >= 0.6 is 0 Å². The highest BCUT2D eigenvalue weighted by Crippen LogP contribution is 2.23. The first-order valence-corrected chi connectivity index (χ1v) is 8.17. The summed E-state index contributed by atoms with van der Waals surface area (Å²) in [6.07, 6.45) is 1.49. The predicted molar refractivity (Wildman–Crippen MR) is 102 cm³/mol. The summed E-state index contributed by atoms with van der Waals surface area (Å²) in [6.45, 7) is 4.09. The maximum Gasteiger partial charge on any atom is 0.337 e. The standard InChI is InChI=1S/C20H20N4O2/c1-13-7-8-14(2)17(9-13)24-19-11-18(21-12-22-19)23-16-6-4-5-15(10-16)20(25)26-3/h4-12H,1-3H3,(H2,21,22,23,24). The van der Waals surface area contributed by atoms with Gasteiger partial charge in [-0.3, -0.25) is 0 Å². The second kappa shape index (κ2) is 7.65. The average Bonchev–Trinajstić information content (AvgIpc) is 2.64. The molecule has 0 spiro atoms. The van der Waals surface area contributed by atoms with E-state index in [2.05, 4.69) is 38.8 Å². The van der Waals surface area contributed by atoms with Gasteiger partial charge in [-0.25, -0.2) is 14.8 Å². The van der Waals surface area contributed by atoms with E-state index in [0.29, 0.717) is 17.2 Å². The molecule has 0 unspecified atom stereocenters. The highest BCUT2D eigenvalue weighted by atomic mass is 16.5. The van der Waals surface area contributed by atoms with Crippen molar-refractivity contribution in [3.8, 4) is 0 Å². The molecule has 1 aromatic heterocycles. The number of carbonyl (C=O) groups excluding carboxylic acids is 1.